The van der Waals surface area contributed by atoms with Crippen molar-refractivity contribution in [2.24, 2.45) is 10.4 Å². The molecule has 0 spiro atoms. The van der Waals surface area contributed by atoms with Crippen LogP contribution in [0, 0.1) is 5.41 Å². The van der Waals surface area contributed by atoms with Crippen LogP contribution >= 0.6 is 0 Å². The smallest absolute Gasteiger partial charge is 0.110 e. The Morgan fingerprint density at radius 1 is 1.14 bits per heavy atom. The Morgan fingerprint density at radius 3 is 2.07 bits per heavy atom. The Hall–Kier alpha value is -0.790. The van der Waals surface area contributed by atoms with Gasteiger partial charge in [0.05, 0.1) is 0 Å². The van der Waals surface area contributed by atoms with Crippen molar-refractivity contribution in [2.45, 2.75) is 47.1 Å². The molecule has 1 heterocycles. The number of allylic oxidation sites excluding steroid dienone is 2. The third-order valence-corrected chi connectivity index (χ3v) is 2.43. The molecule has 2 heteroatoms. The van der Waals surface area contributed by atoms with E-state index in [2.05, 4.69) is 57.5 Å². The zero-order valence-electron chi connectivity index (χ0n) is 10.3. The van der Waals surface area contributed by atoms with Crippen LogP contribution in [-0.2, 0) is 0 Å². The molecule has 0 saturated heterocycles. The second-order valence-corrected chi connectivity index (χ2v) is 5.87. The van der Waals surface area contributed by atoms with E-state index >= 15 is 0 Å². The Morgan fingerprint density at radius 2 is 1.71 bits per heavy atom. The molecule has 0 saturated carbocycles. The second kappa shape index (κ2) is 3.41. The predicted molar refractivity (Wildman–Crippen MR) is 62.5 cm³/mol. The van der Waals surface area contributed by atoms with Crippen LogP contribution in [-0.4, -0.2) is 23.3 Å². The van der Waals surface area contributed by atoms with Crippen LogP contribution in [0.5, 0.6) is 0 Å². The molecule has 14 heavy (non-hydrogen) atoms. The number of aliphatic imine (C=N–C) groups is 1. The fourth-order valence-corrected chi connectivity index (χ4v) is 1.65. The van der Waals surface area contributed by atoms with Gasteiger partial charge in [0.15, 0.2) is 0 Å². The summed E-state index contributed by atoms with van der Waals surface area (Å²) in [6.45, 7) is 14.2. The molecule has 0 N–H and O–H groups in total. The van der Waals surface area contributed by atoms with Gasteiger partial charge in [-0.05, 0) is 26.8 Å². The summed E-state index contributed by atoms with van der Waals surface area (Å²) in [4.78, 5) is 6.68. The summed E-state index contributed by atoms with van der Waals surface area (Å²) in [5.74, 6) is 0. The van der Waals surface area contributed by atoms with Crippen LogP contribution in [0.4, 0.5) is 0 Å². The average molecular weight is 194 g/mol. The summed E-state index contributed by atoms with van der Waals surface area (Å²) in [7, 11) is 0. The molecule has 1 rings (SSSR count). The molecular formula is C12H22N2. The third-order valence-electron chi connectivity index (χ3n) is 2.43. The van der Waals surface area contributed by atoms with Gasteiger partial charge in [-0.2, -0.15) is 0 Å². The molecule has 0 aliphatic carbocycles. The van der Waals surface area contributed by atoms with Crippen molar-refractivity contribution in [3.63, 3.8) is 0 Å². The SMILES string of the molecule is CC(C)(C)C1=CC=NCN1C(C)(C)C. The summed E-state index contributed by atoms with van der Waals surface area (Å²) < 4.78 is 0. The molecule has 80 valence electrons. The third kappa shape index (κ3) is 2.37. The van der Waals surface area contributed by atoms with E-state index in [0.717, 1.165) is 6.67 Å². The van der Waals surface area contributed by atoms with E-state index in [1.807, 2.05) is 6.21 Å². The Kier molecular flexibility index (Phi) is 2.75. The monoisotopic (exact) mass is 194 g/mol. The molecular weight excluding hydrogens is 172 g/mol. The summed E-state index contributed by atoms with van der Waals surface area (Å²) >= 11 is 0. The van der Waals surface area contributed by atoms with Gasteiger partial charge in [0, 0.05) is 22.9 Å². The molecule has 0 aromatic rings. The van der Waals surface area contributed by atoms with Gasteiger partial charge in [0.1, 0.15) is 6.67 Å². The highest BCUT2D eigenvalue weighted by Crippen LogP contribution is 2.33. The number of nitrogens with zero attached hydrogens (tertiary/aromatic N) is 2. The van der Waals surface area contributed by atoms with Gasteiger partial charge in [0.2, 0.25) is 0 Å². The first-order chi connectivity index (χ1) is 6.23. The Labute approximate surface area is 87.7 Å². The topological polar surface area (TPSA) is 15.6 Å². The van der Waals surface area contributed by atoms with Crippen molar-refractivity contribution in [1.82, 2.24) is 4.90 Å². The molecule has 0 unspecified atom stereocenters. The van der Waals surface area contributed by atoms with Crippen molar-refractivity contribution < 1.29 is 0 Å². The number of rotatable bonds is 0. The van der Waals surface area contributed by atoms with E-state index in [9.17, 15) is 0 Å². The molecule has 0 atom stereocenters. The summed E-state index contributed by atoms with van der Waals surface area (Å²) in [6, 6.07) is 0. The maximum absolute atomic E-state index is 4.31. The fraction of sp³-hybridized carbons (Fsp3) is 0.750. The summed E-state index contributed by atoms with van der Waals surface area (Å²) in [5.41, 5.74) is 1.72. The van der Waals surface area contributed by atoms with Crippen LogP contribution in [0.3, 0.4) is 0 Å². The van der Waals surface area contributed by atoms with Gasteiger partial charge >= 0.3 is 0 Å². The molecule has 0 fully saturated rings. The Bertz CT molecular complexity index is 261. The molecule has 0 amide bonds. The van der Waals surface area contributed by atoms with Gasteiger partial charge < -0.3 is 4.90 Å². The fourth-order valence-electron chi connectivity index (χ4n) is 1.65. The van der Waals surface area contributed by atoms with E-state index in [1.54, 1.807) is 0 Å². The van der Waals surface area contributed by atoms with E-state index in [1.165, 1.54) is 5.70 Å². The number of hydrogen-bond acceptors (Lipinski definition) is 2. The minimum absolute atomic E-state index is 0.150. The summed E-state index contributed by atoms with van der Waals surface area (Å²) in [5, 5.41) is 0. The van der Waals surface area contributed by atoms with Crippen molar-refractivity contribution in [3.8, 4) is 0 Å². The number of hydrogen-bond donors (Lipinski definition) is 0. The van der Waals surface area contributed by atoms with E-state index in [4.69, 9.17) is 0 Å². The van der Waals surface area contributed by atoms with Gasteiger partial charge in [0.25, 0.3) is 0 Å². The second-order valence-electron chi connectivity index (χ2n) is 5.87. The zero-order chi connectivity index (χ0) is 11.0. The van der Waals surface area contributed by atoms with Crippen LogP contribution in [0.1, 0.15) is 41.5 Å². The first-order valence-electron chi connectivity index (χ1n) is 5.21. The van der Waals surface area contributed by atoms with Crippen LogP contribution < -0.4 is 0 Å². The molecule has 1 aliphatic rings. The normalized spacial score (nSPS) is 18.4. The van der Waals surface area contributed by atoms with Crippen molar-refractivity contribution in [1.29, 1.82) is 0 Å². The molecule has 0 aromatic carbocycles. The highest BCUT2D eigenvalue weighted by atomic mass is 15.3. The molecule has 1 aliphatic heterocycles. The quantitative estimate of drug-likeness (QED) is 0.578. The van der Waals surface area contributed by atoms with Crippen molar-refractivity contribution >= 4 is 6.21 Å². The van der Waals surface area contributed by atoms with E-state index in [-0.39, 0.29) is 11.0 Å². The zero-order valence-corrected chi connectivity index (χ0v) is 10.3. The highest BCUT2D eigenvalue weighted by Gasteiger charge is 2.30. The molecule has 0 radical (unpaired) electrons. The van der Waals surface area contributed by atoms with Crippen molar-refractivity contribution in [3.05, 3.63) is 11.8 Å². The molecule has 0 aromatic heterocycles. The maximum atomic E-state index is 4.31. The van der Waals surface area contributed by atoms with Gasteiger partial charge in [-0.15, -0.1) is 0 Å². The van der Waals surface area contributed by atoms with Crippen LogP contribution in [0.2, 0.25) is 0 Å². The van der Waals surface area contributed by atoms with Crippen LogP contribution in [0.15, 0.2) is 16.8 Å². The molecule has 2 nitrogen and oxygen atoms in total. The van der Waals surface area contributed by atoms with Crippen molar-refractivity contribution in [2.75, 3.05) is 6.67 Å². The Balaban J connectivity index is 3.00. The standard InChI is InChI=1S/C12H22N2/c1-11(2,3)10-7-8-13-9-14(10)12(4,5)6/h7-8H,9H2,1-6H3. The summed E-state index contributed by atoms with van der Waals surface area (Å²) in [6.07, 6.45) is 4.05. The lowest BCUT2D eigenvalue weighted by Gasteiger charge is -2.44. The lowest BCUT2D eigenvalue weighted by Crippen LogP contribution is -2.45. The molecule has 0 bridgehead atoms. The van der Waals surface area contributed by atoms with Gasteiger partial charge in [-0.25, -0.2) is 0 Å². The maximum Gasteiger partial charge on any atom is 0.110 e. The highest BCUT2D eigenvalue weighted by molar-refractivity contribution is 5.73. The van der Waals surface area contributed by atoms with E-state index in [0.29, 0.717) is 0 Å². The van der Waals surface area contributed by atoms with Gasteiger partial charge in [-0.1, -0.05) is 20.8 Å². The first-order valence-corrected chi connectivity index (χ1v) is 5.21. The lowest BCUT2D eigenvalue weighted by atomic mass is 9.88. The average Bonchev–Trinajstić information content (AvgIpc) is 2.01. The van der Waals surface area contributed by atoms with E-state index < -0.39 is 0 Å². The minimum Gasteiger partial charge on any atom is -0.350 e. The largest absolute Gasteiger partial charge is 0.350 e. The van der Waals surface area contributed by atoms with Gasteiger partial charge in [-0.3, -0.25) is 4.99 Å². The van der Waals surface area contributed by atoms with Crippen LogP contribution in [0.25, 0.3) is 0 Å². The lowest BCUT2D eigenvalue weighted by molar-refractivity contribution is 0.151. The predicted octanol–water partition coefficient (Wildman–Crippen LogP) is 3.06. The first kappa shape index (κ1) is 11.3. The minimum atomic E-state index is 0.150.